The van der Waals surface area contributed by atoms with Crippen LogP contribution in [0, 0.1) is 5.82 Å². The monoisotopic (exact) mass is 370 g/mol. The van der Waals surface area contributed by atoms with E-state index in [4.69, 9.17) is 0 Å². The number of aromatic nitrogens is 2. The molecule has 3 aromatic rings. The van der Waals surface area contributed by atoms with Crippen molar-refractivity contribution in [1.82, 2.24) is 14.9 Å². The van der Waals surface area contributed by atoms with Gasteiger partial charge in [-0.1, -0.05) is 12.1 Å². The van der Waals surface area contributed by atoms with Crippen molar-refractivity contribution in [2.45, 2.75) is 19.3 Å². The van der Waals surface area contributed by atoms with Gasteiger partial charge in [-0.15, -0.1) is 11.3 Å². The third-order valence-electron chi connectivity index (χ3n) is 4.62. The van der Waals surface area contributed by atoms with Crippen LogP contribution in [0.3, 0.4) is 0 Å². The average Bonchev–Trinajstić information content (AvgIpc) is 3.33. The Kier molecular flexibility index (Phi) is 4.79. The van der Waals surface area contributed by atoms with Crippen LogP contribution in [0.1, 0.15) is 19.3 Å². The van der Waals surface area contributed by atoms with Crippen LogP contribution < -0.4 is 5.32 Å². The van der Waals surface area contributed by atoms with E-state index in [2.05, 4.69) is 15.3 Å². The van der Waals surface area contributed by atoms with E-state index in [1.165, 1.54) is 29.8 Å². The highest BCUT2D eigenvalue weighted by Gasteiger charge is 2.18. The number of rotatable bonds is 5. The molecule has 0 saturated carbocycles. The Hall–Kier alpha value is -2.54. The maximum atomic E-state index is 13.2. The van der Waals surface area contributed by atoms with E-state index in [1.807, 2.05) is 10.3 Å². The number of hydrogen-bond acceptors (Lipinski definition) is 5. The van der Waals surface area contributed by atoms with Gasteiger partial charge in [0.25, 0.3) is 0 Å². The van der Waals surface area contributed by atoms with E-state index in [0.29, 0.717) is 18.8 Å². The molecule has 134 valence electrons. The molecule has 0 bridgehead atoms. The summed E-state index contributed by atoms with van der Waals surface area (Å²) in [5.41, 5.74) is 1.89. The Bertz CT molecular complexity index is 919. The smallest absolute Gasteiger partial charge is 0.224 e. The Balaban J connectivity index is 1.54. The van der Waals surface area contributed by atoms with Gasteiger partial charge in [-0.05, 0) is 30.5 Å². The summed E-state index contributed by atoms with van der Waals surface area (Å²) in [6.07, 6.45) is 4.17. The molecule has 1 N–H and O–H groups in total. The molecule has 0 radical (unpaired) electrons. The fraction of sp³-hybridized carbons (Fsp3) is 0.316. The molecule has 1 aliphatic heterocycles. The predicted molar refractivity (Wildman–Crippen MR) is 102 cm³/mol. The van der Waals surface area contributed by atoms with Gasteiger partial charge in [0.1, 0.15) is 22.8 Å². The van der Waals surface area contributed by atoms with Gasteiger partial charge in [0, 0.05) is 37.0 Å². The number of benzene rings is 1. The molecule has 0 spiro atoms. The Morgan fingerprint density at radius 3 is 2.73 bits per heavy atom. The van der Waals surface area contributed by atoms with Crippen molar-refractivity contribution in [2.24, 2.45) is 0 Å². The number of carbonyl (C=O) groups is 1. The molecule has 1 aromatic carbocycles. The Labute approximate surface area is 154 Å². The fourth-order valence-electron chi connectivity index (χ4n) is 3.26. The highest BCUT2D eigenvalue weighted by molar-refractivity contribution is 7.17. The summed E-state index contributed by atoms with van der Waals surface area (Å²) in [6, 6.07) is 6.41. The lowest BCUT2D eigenvalue weighted by molar-refractivity contribution is -0.129. The van der Waals surface area contributed by atoms with Crippen LogP contribution in [0.5, 0.6) is 0 Å². The first kappa shape index (κ1) is 16.9. The van der Waals surface area contributed by atoms with Crippen molar-refractivity contribution >= 4 is 33.3 Å². The molecular weight excluding hydrogens is 351 g/mol. The summed E-state index contributed by atoms with van der Waals surface area (Å²) < 4.78 is 13.2. The minimum atomic E-state index is -0.261. The van der Waals surface area contributed by atoms with E-state index in [-0.39, 0.29) is 11.7 Å². The zero-order valence-electron chi connectivity index (χ0n) is 14.2. The number of carbonyl (C=O) groups excluding carboxylic acids is 1. The van der Waals surface area contributed by atoms with Crippen molar-refractivity contribution in [3.8, 4) is 11.1 Å². The molecule has 0 atom stereocenters. The number of halogens is 1. The average molecular weight is 370 g/mol. The maximum absolute atomic E-state index is 13.2. The van der Waals surface area contributed by atoms with Crippen LogP contribution in [-0.2, 0) is 4.79 Å². The second-order valence-electron chi connectivity index (χ2n) is 6.32. The van der Waals surface area contributed by atoms with Crippen molar-refractivity contribution < 1.29 is 9.18 Å². The van der Waals surface area contributed by atoms with Crippen LogP contribution in [-0.4, -0.2) is 40.4 Å². The van der Waals surface area contributed by atoms with Crippen LogP contribution in [0.2, 0.25) is 0 Å². The van der Waals surface area contributed by atoms with E-state index in [0.717, 1.165) is 47.3 Å². The third-order valence-corrected chi connectivity index (χ3v) is 5.50. The van der Waals surface area contributed by atoms with Gasteiger partial charge in [0.15, 0.2) is 0 Å². The lowest BCUT2D eigenvalue weighted by Crippen LogP contribution is -2.29. The summed E-state index contributed by atoms with van der Waals surface area (Å²) in [5.74, 6) is 0.637. The summed E-state index contributed by atoms with van der Waals surface area (Å²) >= 11 is 1.53. The Morgan fingerprint density at radius 1 is 1.19 bits per heavy atom. The fourth-order valence-corrected chi connectivity index (χ4v) is 4.18. The lowest BCUT2D eigenvalue weighted by atomic mass is 10.1. The number of hydrogen-bond donors (Lipinski definition) is 1. The van der Waals surface area contributed by atoms with Crippen LogP contribution in [0.15, 0.2) is 36.0 Å². The molecule has 3 heterocycles. The highest BCUT2D eigenvalue weighted by atomic mass is 32.1. The van der Waals surface area contributed by atoms with Crippen molar-refractivity contribution in [3.63, 3.8) is 0 Å². The van der Waals surface area contributed by atoms with Crippen molar-refractivity contribution in [1.29, 1.82) is 0 Å². The molecule has 1 amide bonds. The van der Waals surface area contributed by atoms with E-state index in [9.17, 15) is 9.18 Å². The number of nitrogens with zero attached hydrogens (tertiary/aromatic N) is 3. The molecule has 26 heavy (non-hydrogen) atoms. The molecule has 1 fully saturated rings. The minimum absolute atomic E-state index is 0.185. The first-order chi connectivity index (χ1) is 12.7. The van der Waals surface area contributed by atoms with Crippen molar-refractivity contribution in [3.05, 3.63) is 41.8 Å². The zero-order valence-corrected chi connectivity index (χ0v) is 15.1. The van der Waals surface area contributed by atoms with Gasteiger partial charge in [-0.25, -0.2) is 14.4 Å². The first-order valence-corrected chi connectivity index (χ1v) is 9.60. The molecule has 7 heteroatoms. The molecule has 1 saturated heterocycles. The molecule has 2 aromatic heterocycles. The number of fused-ring (bicyclic) bond motifs is 1. The third kappa shape index (κ3) is 3.39. The molecule has 0 unspecified atom stereocenters. The van der Waals surface area contributed by atoms with Crippen molar-refractivity contribution in [2.75, 3.05) is 25.0 Å². The topological polar surface area (TPSA) is 58.1 Å². The molecular formula is C19H19FN4OS. The van der Waals surface area contributed by atoms with Gasteiger partial charge in [-0.3, -0.25) is 4.79 Å². The number of nitrogens with one attached hydrogen (secondary N) is 1. The number of anilines is 1. The summed E-state index contributed by atoms with van der Waals surface area (Å²) in [6.45, 7) is 2.27. The minimum Gasteiger partial charge on any atom is -0.369 e. The number of likely N-dealkylation sites (tertiary alicyclic amines) is 1. The molecule has 4 rings (SSSR count). The highest BCUT2D eigenvalue weighted by Crippen LogP contribution is 2.36. The lowest BCUT2D eigenvalue weighted by Gasteiger charge is -2.15. The quantitative estimate of drug-likeness (QED) is 0.739. The van der Waals surface area contributed by atoms with E-state index < -0.39 is 0 Å². The van der Waals surface area contributed by atoms with Gasteiger partial charge < -0.3 is 10.2 Å². The SMILES string of the molecule is O=C(CCNc1ncnc2scc(-c3ccc(F)cc3)c12)N1CCCC1. The second kappa shape index (κ2) is 7.37. The van der Waals surface area contributed by atoms with Crippen LogP contribution in [0.4, 0.5) is 10.2 Å². The molecule has 0 aliphatic carbocycles. The number of amides is 1. The van der Waals surface area contributed by atoms with E-state index >= 15 is 0 Å². The second-order valence-corrected chi connectivity index (χ2v) is 7.18. The zero-order chi connectivity index (χ0) is 17.9. The standard InChI is InChI=1S/C19H19FN4OS/c20-14-5-3-13(4-6-14)15-11-26-19-17(15)18(22-12-23-19)21-8-7-16(25)24-9-1-2-10-24/h3-6,11-12H,1-2,7-10H2,(H,21,22,23). The number of thiophene rings is 1. The van der Waals surface area contributed by atoms with Gasteiger partial charge in [0.05, 0.1) is 5.39 Å². The largest absolute Gasteiger partial charge is 0.369 e. The predicted octanol–water partition coefficient (Wildman–Crippen LogP) is 3.92. The normalized spacial score (nSPS) is 14.1. The molecule has 1 aliphatic rings. The Morgan fingerprint density at radius 2 is 1.96 bits per heavy atom. The van der Waals surface area contributed by atoms with Crippen LogP contribution >= 0.6 is 11.3 Å². The van der Waals surface area contributed by atoms with E-state index in [1.54, 1.807) is 12.1 Å². The maximum Gasteiger partial charge on any atom is 0.224 e. The van der Waals surface area contributed by atoms with Gasteiger partial charge in [0.2, 0.25) is 5.91 Å². The summed E-state index contributed by atoms with van der Waals surface area (Å²) in [7, 11) is 0. The van der Waals surface area contributed by atoms with Crippen LogP contribution in [0.25, 0.3) is 21.3 Å². The first-order valence-electron chi connectivity index (χ1n) is 8.72. The summed E-state index contributed by atoms with van der Waals surface area (Å²) in [4.78, 5) is 23.7. The summed E-state index contributed by atoms with van der Waals surface area (Å²) in [5, 5.41) is 6.21. The van der Waals surface area contributed by atoms with Gasteiger partial charge in [-0.2, -0.15) is 0 Å². The molecule has 5 nitrogen and oxygen atoms in total. The van der Waals surface area contributed by atoms with Gasteiger partial charge >= 0.3 is 0 Å².